The minimum absolute atomic E-state index is 0.0454. The fraction of sp³-hybridized carbons (Fsp3) is 0.471. The average Bonchev–Trinajstić information content (AvgIpc) is 3.00. The first-order valence-corrected chi connectivity index (χ1v) is 7.66. The second-order valence-electron chi connectivity index (χ2n) is 5.96. The number of alkyl halides is 3. The molecule has 0 bridgehead atoms. The number of carbonyl (C=O) groups excluding carboxylic acids is 2. The number of nitrogens with one attached hydrogen (secondary N) is 1. The van der Waals surface area contributed by atoms with Crippen LogP contribution in [-0.4, -0.2) is 11.7 Å². The zero-order valence-corrected chi connectivity index (χ0v) is 13.1. The van der Waals surface area contributed by atoms with Gasteiger partial charge in [-0.05, 0) is 43.5 Å². The quantitative estimate of drug-likeness (QED) is 0.848. The first-order chi connectivity index (χ1) is 11.2. The number of nitrogens with zero attached hydrogens (tertiary/aromatic N) is 1. The Morgan fingerprint density at radius 3 is 2.42 bits per heavy atom. The topological polar surface area (TPSA) is 70.0 Å². The van der Waals surface area contributed by atoms with Gasteiger partial charge in [0, 0.05) is 11.6 Å². The summed E-state index contributed by atoms with van der Waals surface area (Å²) in [5.41, 5.74) is -0.708. The SMILES string of the molecule is Cc1cc(NC(=O)C(C#N)C(=O)C2CCCC2)ccc1C(F)(F)F. The Morgan fingerprint density at radius 2 is 1.92 bits per heavy atom. The molecule has 7 heteroatoms. The normalized spacial score (nSPS) is 16.5. The van der Waals surface area contributed by atoms with Gasteiger partial charge in [-0.1, -0.05) is 12.8 Å². The van der Waals surface area contributed by atoms with Crippen molar-refractivity contribution in [3.63, 3.8) is 0 Å². The number of rotatable bonds is 4. The third-order valence-electron chi connectivity index (χ3n) is 4.23. The van der Waals surface area contributed by atoms with Gasteiger partial charge in [0.25, 0.3) is 0 Å². The molecule has 4 nitrogen and oxygen atoms in total. The number of hydrogen-bond donors (Lipinski definition) is 1. The standard InChI is InChI=1S/C17H17F3N2O2/c1-10-8-12(6-7-14(10)17(18,19)20)22-16(24)13(9-21)15(23)11-4-2-3-5-11/h6-8,11,13H,2-5H2,1H3,(H,22,24). The molecular weight excluding hydrogens is 321 g/mol. The van der Waals surface area contributed by atoms with E-state index in [9.17, 15) is 22.8 Å². The number of anilines is 1. The molecule has 1 unspecified atom stereocenters. The molecule has 1 saturated carbocycles. The van der Waals surface area contributed by atoms with Crippen LogP contribution in [0.4, 0.5) is 18.9 Å². The molecule has 1 N–H and O–H groups in total. The second-order valence-corrected chi connectivity index (χ2v) is 5.96. The maximum absolute atomic E-state index is 12.7. The van der Waals surface area contributed by atoms with Gasteiger partial charge >= 0.3 is 6.18 Å². The molecule has 1 atom stereocenters. The molecule has 1 amide bonds. The largest absolute Gasteiger partial charge is 0.416 e. The lowest BCUT2D eigenvalue weighted by Gasteiger charge is -2.15. The molecule has 128 valence electrons. The summed E-state index contributed by atoms with van der Waals surface area (Å²) in [6.45, 7) is 1.28. The summed E-state index contributed by atoms with van der Waals surface area (Å²) in [5.74, 6) is -2.92. The molecule has 1 fully saturated rings. The van der Waals surface area contributed by atoms with Crippen molar-refractivity contribution >= 4 is 17.4 Å². The zero-order valence-electron chi connectivity index (χ0n) is 13.1. The van der Waals surface area contributed by atoms with Crippen LogP contribution in [0.3, 0.4) is 0 Å². The molecule has 1 aliphatic carbocycles. The Labute approximate surface area is 137 Å². The van der Waals surface area contributed by atoms with E-state index < -0.39 is 29.3 Å². The van der Waals surface area contributed by atoms with E-state index in [2.05, 4.69) is 5.32 Å². The van der Waals surface area contributed by atoms with Gasteiger partial charge < -0.3 is 5.32 Å². The first kappa shape index (κ1) is 18.0. The fourth-order valence-electron chi connectivity index (χ4n) is 2.97. The highest BCUT2D eigenvalue weighted by molar-refractivity contribution is 6.10. The third-order valence-corrected chi connectivity index (χ3v) is 4.23. The Balaban J connectivity index is 2.12. The van der Waals surface area contributed by atoms with Crippen molar-refractivity contribution in [1.29, 1.82) is 5.26 Å². The fourth-order valence-corrected chi connectivity index (χ4v) is 2.97. The molecule has 1 aromatic carbocycles. The lowest BCUT2D eigenvalue weighted by atomic mass is 9.91. The number of halogens is 3. The average molecular weight is 338 g/mol. The van der Waals surface area contributed by atoms with Crippen molar-refractivity contribution in [3.8, 4) is 6.07 Å². The van der Waals surface area contributed by atoms with Crippen LogP contribution < -0.4 is 5.32 Å². The number of ketones is 1. The van der Waals surface area contributed by atoms with E-state index in [0.29, 0.717) is 12.8 Å². The molecule has 0 radical (unpaired) electrons. The molecule has 0 aromatic heterocycles. The highest BCUT2D eigenvalue weighted by atomic mass is 19.4. The van der Waals surface area contributed by atoms with E-state index in [-0.39, 0.29) is 17.2 Å². The maximum atomic E-state index is 12.7. The molecule has 24 heavy (non-hydrogen) atoms. The number of Topliss-reactive ketones (excluding diaryl/α,β-unsaturated/α-hetero) is 1. The molecule has 1 aromatic rings. The van der Waals surface area contributed by atoms with Crippen LogP contribution >= 0.6 is 0 Å². The number of hydrogen-bond acceptors (Lipinski definition) is 3. The van der Waals surface area contributed by atoms with Crippen LogP contribution in [0.1, 0.15) is 36.8 Å². The van der Waals surface area contributed by atoms with Crippen LogP contribution in [0.15, 0.2) is 18.2 Å². The smallest absolute Gasteiger partial charge is 0.325 e. The Morgan fingerprint density at radius 1 is 1.29 bits per heavy atom. The minimum Gasteiger partial charge on any atom is -0.325 e. The maximum Gasteiger partial charge on any atom is 0.416 e. The van der Waals surface area contributed by atoms with Gasteiger partial charge in [-0.2, -0.15) is 18.4 Å². The summed E-state index contributed by atoms with van der Waals surface area (Å²) in [6, 6.07) is 4.86. The Kier molecular flexibility index (Phi) is 5.27. The molecule has 0 saturated heterocycles. The van der Waals surface area contributed by atoms with Crippen molar-refractivity contribution in [3.05, 3.63) is 29.3 Å². The second kappa shape index (κ2) is 7.04. The third kappa shape index (κ3) is 3.94. The van der Waals surface area contributed by atoms with Crippen LogP contribution in [0, 0.1) is 30.1 Å². The highest BCUT2D eigenvalue weighted by Gasteiger charge is 2.35. The van der Waals surface area contributed by atoms with Crippen molar-refractivity contribution in [1.82, 2.24) is 0 Å². The van der Waals surface area contributed by atoms with Gasteiger partial charge in [-0.15, -0.1) is 0 Å². The van der Waals surface area contributed by atoms with Crippen LogP contribution in [-0.2, 0) is 15.8 Å². The van der Waals surface area contributed by atoms with E-state index in [0.717, 1.165) is 25.0 Å². The van der Waals surface area contributed by atoms with E-state index in [1.165, 1.54) is 13.0 Å². The number of aryl methyl sites for hydroxylation is 1. The van der Waals surface area contributed by atoms with Gasteiger partial charge in [0.15, 0.2) is 11.7 Å². The van der Waals surface area contributed by atoms with Crippen molar-refractivity contribution in [2.24, 2.45) is 11.8 Å². The van der Waals surface area contributed by atoms with E-state index >= 15 is 0 Å². The number of nitriles is 1. The van der Waals surface area contributed by atoms with Crippen LogP contribution in [0.5, 0.6) is 0 Å². The summed E-state index contributed by atoms with van der Waals surface area (Å²) in [4.78, 5) is 24.4. The van der Waals surface area contributed by atoms with Crippen molar-refractivity contribution in [2.45, 2.75) is 38.8 Å². The predicted molar refractivity (Wildman–Crippen MR) is 80.9 cm³/mol. The van der Waals surface area contributed by atoms with Gasteiger partial charge in [0.05, 0.1) is 11.6 Å². The van der Waals surface area contributed by atoms with Gasteiger partial charge in [0.2, 0.25) is 5.91 Å². The highest BCUT2D eigenvalue weighted by Crippen LogP contribution is 2.33. The summed E-state index contributed by atoms with van der Waals surface area (Å²) in [5, 5.41) is 11.5. The monoisotopic (exact) mass is 338 g/mol. The van der Waals surface area contributed by atoms with Gasteiger partial charge in [-0.3, -0.25) is 9.59 Å². The molecule has 0 heterocycles. The summed E-state index contributed by atoms with van der Waals surface area (Å²) in [7, 11) is 0. The number of benzene rings is 1. The first-order valence-electron chi connectivity index (χ1n) is 7.66. The number of carbonyl (C=O) groups is 2. The van der Waals surface area contributed by atoms with Crippen molar-refractivity contribution < 1.29 is 22.8 Å². The number of amides is 1. The Bertz CT molecular complexity index is 686. The minimum atomic E-state index is -4.47. The summed E-state index contributed by atoms with van der Waals surface area (Å²) in [6.07, 6.45) is -1.34. The lowest BCUT2D eigenvalue weighted by molar-refractivity contribution is -0.138. The molecule has 0 aliphatic heterocycles. The summed E-state index contributed by atoms with van der Waals surface area (Å²) < 4.78 is 38.2. The molecule has 1 aliphatic rings. The molecule has 0 spiro atoms. The van der Waals surface area contributed by atoms with E-state index in [1.807, 2.05) is 0 Å². The van der Waals surface area contributed by atoms with E-state index in [1.54, 1.807) is 6.07 Å². The van der Waals surface area contributed by atoms with Gasteiger partial charge in [-0.25, -0.2) is 0 Å². The molecular formula is C17H17F3N2O2. The Hall–Kier alpha value is -2.36. The molecule has 2 rings (SSSR count). The summed E-state index contributed by atoms with van der Waals surface area (Å²) >= 11 is 0. The lowest BCUT2D eigenvalue weighted by Crippen LogP contribution is -2.32. The van der Waals surface area contributed by atoms with Crippen molar-refractivity contribution in [2.75, 3.05) is 5.32 Å². The van der Waals surface area contributed by atoms with Crippen LogP contribution in [0.25, 0.3) is 0 Å². The van der Waals surface area contributed by atoms with E-state index in [4.69, 9.17) is 5.26 Å². The van der Waals surface area contributed by atoms with Gasteiger partial charge in [0.1, 0.15) is 0 Å². The predicted octanol–water partition coefficient (Wildman–Crippen LogP) is 3.85. The van der Waals surface area contributed by atoms with Crippen LogP contribution in [0.2, 0.25) is 0 Å². The zero-order chi connectivity index (χ0) is 17.9.